The molecule has 0 radical (unpaired) electrons. The number of nitrogens with zero attached hydrogens (tertiary/aromatic N) is 5. The van der Waals surface area contributed by atoms with Crippen LogP contribution in [0.3, 0.4) is 0 Å². The van der Waals surface area contributed by atoms with Crippen LogP contribution >= 0.6 is 0 Å². The minimum Gasteiger partial charge on any atom is -0.351 e. The first-order chi connectivity index (χ1) is 13.8. The largest absolute Gasteiger partial charge is 0.351 e. The number of carbonyl (C=O) groups excluding carboxylic acids is 1. The van der Waals surface area contributed by atoms with Crippen molar-refractivity contribution < 1.29 is 4.79 Å². The molecule has 28 heavy (non-hydrogen) atoms. The number of hydrazine groups is 1. The molecule has 0 spiro atoms. The molecule has 5 rings (SSSR count). The Balaban J connectivity index is 1.28. The Labute approximate surface area is 162 Å². The second kappa shape index (κ2) is 7.17. The van der Waals surface area contributed by atoms with Crippen molar-refractivity contribution in [3.8, 4) is 0 Å². The van der Waals surface area contributed by atoms with Crippen molar-refractivity contribution in [3.63, 3.8) is 0 Å². The zero-order valence-corrected chi connectivity index (χ0v) is 15.4. The second-order valence-corrected chi connectivity index (χ2v) is 7.13. The lowest BCUT2D eigenvalue weighted by atomic mass is 9.93. The number of imidazole rings is 1. The van der Waals surface area contributed by atoms with Gasteiger partial charge in [0.05, 0.1) is 18.3 Å². The van der Waals surface area contributed by atoms with Crippen LogP contribution in [0.1, 0.15) is 11.6 Å². The minimum atomic E-state index is -0.104. The smallest absolute Gasteiger partial charge is 0.229 e. The molecule has 9 heteroatoms. The molecule has 1 amide bonds. The summed E-state index contributed by atoms with van der Waals surface area (Å²) in [6, 6.07) is 10.1. The van der Waals surface area contributed by atoms with Gasteiger partial charge < -0.3 is 14.8 Å². The maximum Gasteiger partial charge on any atom is 0.229 e. The van der Waals surface area contributed by atoms with Crippen LogP contribution in [0.2, 0.25) is 0 Å². The maximum atomic E-state index is 13.2. The Morgan fingerprint density at radius 1 is 1.04 bits per heavy atom. The molecule has 0 aliphatic carbocycles. The van der Waals surface area contributed by atoms with E-state index in [0.717, 1.165) is 30.0 Å². The molecule has 0 bridgehead atoms. The first-order valence-corrected chi connectivity index (χ1v) is 9.52. The number of H-pyrrole nitrogens is 1. The summed E-state index contributed by atoms with van der Waals surface area (Å²) in [4.78, 5) is 33.2. The molecule has 3 aromatic rings. The van der Waals surface area contributed by atoms with E-state index in [-0.39, 0.29) is 17.9 Å². The summed E-state index contributed by atoms with van der Waals surface area (Å²) in [6.07, 6.45) is 3.17. The molecule has 144 valence electrons. The van der Waals surface area contributed by atoms with E-state index >= 15 is 0 Å². The van der Waals surface area contributed by atoms with Crippen molar-refractivity contribution in [2.24, 2.45) is 5.92 Å². The van der Waals surface area contributed by atoms with E-state index < -0.39 is 0 Å². The van der Waals surface area contributed by atoms with E-state index in [9.17, 15) is 4.79 Å². The van der Waals surface area contributed by atoms with E-state index in [0.29, 0.717) is 25.3 Å². The molecular formula is C19H22N8O. The van der Waals surface area contributed by atoms with Crippen molar-refractivity contribution in [3.05, 3.63) is 48.5 Å². The van der Waals surface area contributed by atoms with Crippen molar-refractivity contribution in [1.29, 1.82) is 0 Å². The number of nitrogens with one attached hydrogen (secondary N) is 3. The highest BCUT2D eigenvalue weighted by Crippen LogP contribution is 2.27. The van der Waals surface area contributed by atoms with Crippen LogP contribution < -0.4 is 15.8 Å². The fourth-order valence-corrected chi connectivity index (χ4v) is 4.07. The van der Waals surface area contributed by atoms with Gasteiger partial charge in [0.15, 0.2) is 11.5 Å². The van der Waals surface area contributed by atoms with E-state index in [1.807, 2.05) is 23.1 Å². The summed E-state index contributed by atoms with van der Waals surface area (Å²) in [5.74, 6) is 0.939. The summed E-state index contributed by atoms with van der Waals surface area (Å²) >= 11 is 0. The number of hydrogen-bond donors (Lipinski definition) is 3. The Kier molecular flexibility index (Phi) is 4.38. The molecule has 2 unspecified atom stereocenters. The van der Waals surface area contributed by atoms with Crippen molar-refractivity contribution in [2.75, 3.05) is 37.6 Å². The summed E-state index contributed by atoms with van der Waals surface area (Å²) in [5, 5.41) is 0. The molecular weight excluding hydrogens is 356 g/mol. The molecule has 2 aliphatic rings. The fourth-order valence-electron chi connectivity index (χ4n) is 4.07. The first-order valence-electron chi connectivity index (χ1n) is 9.52. The molecule has 2 atom stereocenters. The lowest BCUT2D eigenvalue weighted by Gasteiger charge is -2.37. The minimum absolute atomic E-state index is 0.00166. The van der Waals surface area contributed by atoms with Gasteiger partial charge >= 0.3 is 0 Å². The Morgan fingerprint density at radius 3 is 2.68 bits per heavy atom. The van der Waals surface area contributed by atoms with E-state index in [2.05, 4.69) is 47.8 Å². The summed E-state index contributed by atoms with van der Waals surface area (Å²) in [7, 11) is 0. The number of hydrogen-bond acceptors (Lipinski definition) is 7. The molecule has 9 nitrogen and oxygen atoms in total. The normalized spacial score (nSPS) is 22.7. The van der Waals surface area contributed by atoms with Gasteiger partial charge in [-0.3, -0.25) is 10.2 Å². The lowest BCUT2D eigenvalue weighted by molar-refractivity contribution is -0.135. The number of carbonyl (C=O) groups is 1. The van der Waals surface area contributed by atoms with Gasteiger partial charge in [0.2, 0.25) is 5.91 Å². The van der Waals surface area contributed by atoms with E-state index in [4.69, 9.17) is 0 Å². The Hall–Kier alpha value is -3.04. The Bertz CT molecular complexity index is 966. The number of piperazine rings is 1. The van der Waals surface area contributed by atoms with Gasteiger partial charge in [-0.2, -0.15) is 0 Å². The van der Waals surface area contributed by atoms with Crippen LogP contribution in [0.25, 0.3) is 11.2 Å². The standard InChI is InChI=1S/C19H22N8O/c28-19(14-10-24-25-15(14)13-4-2-1-3-5-13)27-8-6-26(7-9-27)18-16-17(21-11-20-16)22-12-23-18/h1-5,11-12,14-15,24-25H,6-10H2,(H,20,21,22,23). The number of benzene rings is 1. The van der Waals surface area contributed by atoms with E-state index in [1.54, 1.807) is 6.33 Å². The molecule has 2 aromatic heterocycles. The average Bonchev–Trinajstić information content (AvgIpc) is 3.43. The predicted molar refractivity (Wildman–Crippen MR) is 104 cm³/mol. The molecule has 4 heterocycles. The fraction of sp³-hybridized carbons (Fsp3) is 0.368. The predicted octanol–water partition coefficient (Wildman–Crippen LogP) is 0.467. The van der Waals surface area contributed by atoms with E-state index in [1.165, 1.54) is 6.33 Å². The molecule has 2 aliphatic heterocycles. The lowest BCUT2D eigenvalue weighted by Crippen LogP contribution is -2.51. The second-order valence-electron chi connectivity index (χ2n) is 7.13. The van der Waals surface area contributed by atoms with Crippen LogP contribution in [0.15, 0.2) is 43.0 Å². The number of rotatable bonds is 3. The highest BCUT2D eigenvalue weighted by atomic mass is 16.2. The summed E-state index contributed by atoms with van der Waals surface area (Å²) < 4.78 is 0. The van der Waals surface area contributed by atoms with Crippen LogP contribution in [-0.2, 0) is 4.79 Å². The third-order valence-electron chi connectivity index (χ3n) is 5.55. The number of fused-ring (bicyclic) bond motifs is 1. The van der Waals surface area contributed by atoms with Crippen molar-refractivity contribution in [2.45, 2.75) is 6.04 Å². The molecule has 1 aromatic carbocycles. The number of anilines is 1. The van der Waals surface area contributed by atoms with Gasteiger partial charge in [-0.1, -0.05) is 30.3 Å². The van der Waals surface area contributed by atoms with Gasteiger partial charge in [-0.25, -0.2) is 20.4 Å². The Morgan fingerprint density at radius 2 is 1.86 bits per heavy atom. The van der Waals surface area contributed by atoms with Gasteiger partial charge in [-0.15, -0.1) is 0 Å². The number of aromatic amines is 1. The van der Waals surface area contributed by atoms with Crippen molar-refractivity contribution in [1.82, 2.24) is 35.7 Å². The van der Waals surface area contributed by atoms with Gasteiger partial charge in [0.25, 0.3) is 0 Å². The topological polar surface area (TPSA) is 102 Å². The average molecular weight is 378 g/mol. The molecule has 3 N–H and O–H groups in total. The quantitative estimate of drug-likeness (QED) is 0.609. The molecule has 0 saturated carbocycles. The van der Waals surface area contributed by atoms with Crippen LogP contribution in [0.5, 0.6) is 0 Å². The zero-order chi connectivity index (χ0) is 18.9. The van der Waals surface area contributed by atoms with Crippen LogP contribution in [-0.4, -0.2) is 63.5 Å². The van der Waals surface area contributed by atoms with Crippen LogP contribution in [0.4, 0.5) is 5.82 Å². The zero-order valence-electron chi connectivity index (χ0n) is 15.4. The van der Waals surface area contributed by atoms with Crippen LogP contribution in [0, 0.1) is 5.92 Å². The van der Waals surface area contributed by atoms with Gasteiger partial charge in [-0.05, 0) is 5.56 Å². The monoisotopic (exact) mass is 378 g/mol. The summed E-state index contributed by atoms with van der Waals surface area (Å²) in [5.41, 5.74) is 9.05. The highest BCUT2D eigenvalue weighted by Gasteiger charge is 2.37. The third-order valence-corrected chi connectivity index (χ3v) is 5.55. The number of aromatic nitrogens is 4. The van der Waals surface area contributed by atoms with Crippen molar-refractivity contribution >= 4 is 22.9 Å². The first kappa shape index (κ1) is 17.1. The highest BCUT2D eigenvalue weighted by molar-refractivity contribution is 5.83. The number of amides is 1. The third kappa shape index (κ3) is 2.98. The summed E-state index contributed by atoms with van der Waals surface area (Å²) in [6.45, 7) is 3.47. The SMILES string of the molecule is O=C(C1CNNC1c1ccccc1)N1CCN(c2ncnc3nc[nH]c23)CC1. The molecule has 2 saturated heterocycles. The van der Waals surface area contributed by atoms with Gasteiger partial charge in [0, 0.05) is 32.7 Å². The molecule has 2 fully saturated rings. The van der Waals surface area contributed by atoms with Gasteiger partial charge in [0.1, 0.15) is 11.8 Å². The maximum absolute atomic E-state index is 13.2.